The highest BCUT2D eigenvalue weighted by molar-refractivity contribution is 14.1. The van der Waals surface area contributed by atoms with Crippen molar-refractivity contribution >= 4 is 34.3 Å². The standard InChI is InChI=1S/C10H14IN5O2/c11-8-9(14-6-15-10(8)18)13-5-7(17)16-3-1-12-2-4-16/h6,12H,1-5H2,(H2,13,14,15,18). The van der Waals surface area contributed by atoms with Crippen LogP contribution in [-0.4, -0.2) is 53.5 Å². The Bertz CT molecular complexity index is 483. The Morgan fingerprint density at radius 1 is 1.50 bits per heavy atom. The van der Waals surface area contributed by atoms with Crippen molar-refractivity contribution < 1.29 is 4.79 Å². The fourth-order valence-corrected chi connectivity index (χ4v) is 2.18. The molecule has 0 saturated carbocycles. The third-order valence-corrected chi connectivity index (χ3v) is 3.67. The largest absolute Gasteiger partial charge is 0.360 e. The van der Waals surface area contributed by atoms with Crippen LogP contribution in [0.5, 0.6) is 0 Å². The molecular formula is C10H14IN5O2. The van der Waals surface area contributed by atoms with E-state index in [-0.39, 0.29) is 18.0 Å². The van der Waals surface area contributed by atoms with E-state index in [0.29, 0.717) is 9.39 Å². The van der Waals surface area contributed by atoms with Crippen LogP contribution >= 0.6 is 22.6 Å². The molecule has 1 aromatic heterocycles. The van der Waals surface area contributed by atoms with Crippen LogP contribution in [0, 0.1) is 3.57 Å². The van der Waals surface area contributed by atoms with Crippen LogP contribution in [0.3, 0.4) is 0 Å². The van der Waals surface area contributed by atoms with Gasteiger partial charge in [0.05, 0.1) is 12.9 Å². The Morgan fingerprint density at radius 3 is 2.94 bits per heavy atom. The minimum atomic E-state index is -0.206. The molecule has 1 aliphatic rings. The van der Waals surface area contributed by atoms with Gasteiger partial charge in [-0.25, -0.2) is 4.98 Å². The van der Waals surface area contributed by atoms with Gasteiger partial charge in [0.15, 0.2) is 0 Å². The van der Waals surface area contributed by atoms with Crippen LogP contribution in [0.25, 0.3) is 0 Å². The second kappa shape index (κ2) is 6.14. The molecule has 7 nitrogen and oxygen atoms in total. The van der Waals surface area contributed by atoms with Crippen LogP contribution < -0.4 is 16.2 Å². The van der Waals surface area contributed by atoms with Gasteiger partial charge >= 0.3 is 0 Å². The maximum atomic E-state index is 11.9. The molecule has 0 aromatic carbocycles. The number of anilines is 1. The summed E-state index contributed by atoms with van der Waals surface area (Å²) in [6, 6.07) is 0. The molecule has 1 aromatic rings. The SMILES string of the molecule is O=C(CNc1nc[nH]c(=O)c1I)N1CCNCC1. The molecule has 0 atom stereocenters. The number of carbonyl (C=O) groups is 1. The summed E-state index contributed by atoms with van der Waals surface area (Å²) < 4.78 is 0.461. The summed E-state index contributed by atoms with van der Waals surface area (Å²) in [4.78, 5) is 31.5. The number of nitrogens with zero attached hydrogens (tertiary/aromatic N) is 2. The molecule has 1 fully saturated rings. The lowest BCUT2D eigenvalue weighted by molar-refractivity contribution is -0.129. The van der Waals surface area contributed by atoms with Gasteiger partial charge in [-0.2, -0.15) is 0 Å². The average molecular weight is 363 g/mol. The van der Waals surface area contributed by atoms with Crippen LogP contribution in [0.1, 0.15) is 0 Å². The zero-order chi connectivity index (χ0) is 13.0. The number of nitrogens with one attached hydrogen (secondary N) is 3. The van der Waals surface area contributed by atoms with Gasteiger partial charge in [0.1, 0.15) is 9.39 Å². The topological polar surface area (TPSA) is 90.1 Å². The van der Waals surface area contributed by atoms with Gasteiger partial charge in [-0.3, -0.25) is 9.59 Å². The van der Waals surface area contributed by atoms with Crippen molar-refractivity contribution in [2.24, 2.45) is 0 Å². The van der Waals surface area contributed by atoms with E-state index in [2.05, 4.69) is 20.6 Å². The summed E-state index contributed by atoms with van der Waals surface area (Å²) in [5.41, 5.74) is -0.206. The third kappa shape index (κ3) is 3.19. The summed E-state index contributed by atoms with van der Waals surface area (Å²) >= 11 is 1.90. The Kier molecular flexibility index (Phi) is 4.53. The molecule has 0 unspecified atom stereocenters. The molecule has 8 heteroatoms. The van der Waals surface area contributed by atoms with Crippen LogP contribution in [0.15, 0.2) is 11.1 Å². The predicted molar refractivity (Wildman–Crippen MR) is 75.5 cm³/mol. The Hall–Kier alpha value is -1.16. The minimum absolute atomic E-state index is 0.0226. The molecule has 1 aliphatic heterocycles. The molecule has 0 aliphatic carbocycles. The second-order valence-corrected chi connectivity index (χ2v) is 4.96. The van der Waals surface area contributed by atoms with Gasteiger partial charge in [0, 0.05) is 26.2 Å². The van der Waals surface area contributed by atoms with Gasteiger partial charge in [-0.05, 0) is 22.6 Å². The van der Waals surface area contributed by atoms with E-state index < -0.39 is 0 Å². The van der Waals surface area contributed by atoms with Gasteiger partial charge in [-0.15, -0.1) is 0 Å². The van der Waals surface area contributed by atoms with Crippen LogP contribution in [-0.2, 0) is 4.79 Å². The maximum Gasteiger partial charge on any atom is 0.266 e. The van der Waals surface area contributed by atoms with Gasteiger partial charge in [-0.1, -0.05) is 0 Å². The fraction of sp³-hybridized carbons (Fsp3) is 0.500. The van der Waals surface area contributed by atoms with Gasteiger partial charge < -0.3 is 20.5 Å². The highest BCUT2D eigenvalue weighted by Gasteiger charge is 2.16. The van der Waals surface area contributed by atoms with E-state index in [9.17, 15) is 9.59 Å². The lowest BCUT2D eigenvalue weighted by Crippen LogP contribution is -2.48. The number of carbonyl (C=O) groups excluding carboxylic acids is 1. The Morgan fingerprint density at radius 2 is 2.22 bits per heavy atom. The predicted octanol–water partition coefficient (Wildman–Crippen LogP) is -0.782. The molecular weight excluding hydrogens is 349 g/mol. The van der Waals surface area contributed by atoms with Crippen molar-refractivity contribution in [2.75, 3.05) is 38.0 Å². The summed E-state index contributed by atoms with van der Waals surface area (Å²) in [6.07, 6.45) is 1.32. The highest BCUT2D eigenvalue weighted by Crippen LogP contribution is 2.08. The molecule has 18 heavy (non-hydrogen) atoms. The second-order valence-electron chi connectivity index (χ2n) is 3.88. The van der Waals surface area contributed by atoms with E-state index >= 15 is 0 Å². The van der Waals surface area contributed by atoms with E-state index in [0.717, 1.165) is 26.2 Å². The van der Waals surface area contributed by atoms with Crippen LogP contribution in [0.4, 0.5) is 5.82 Å². The quantitative estimate of drug-likeness (QED) is 0.613. The molecule has 0 radical (unpaired) electrons. The number of piperazine rings is 1. The Balaban J connectivity index is 1.92. The van der Waals surface area contributed by atoms with Gasteiger partial charge in [0.25, 0.3) is 5.56 Å². The fourth-order valence-electron chi connectivity index (χ4n) is 1.69. The summed E-state index contributed by atoms with van der Waals surface area (Å²) in [7, 11) is 0. The van der Waals surface area contributed by atoms with Crippen molar-refractivity contribution in [3.05, 3.63) is 20.3 Å². The first-order valence-electron chi connectivity index (χ1n) is 5.64. The third-order valence-electron chi connectivity index (χ3n) is 2.67. The first-order valence-corrected chi connectivity index (χ1v) is 6.72. The van der Waals surface area contributed by atoms with E-state index in [4.69, 9.17) is 0 Å². The molecule has 1 saturated heterocycles. The highest BCUT2D eigenvalue weighted by atomic mass is 127. The summed E-state index contributed by atoms with van der Waals surface area (Å²) in [5.74, 6) is 0.470. The number of aromatic amines is 1. The van der Waals surface area contributed by atoms with E-state index in [1.165, 1.54) is 6.33 Å². The first-order chi connectivity index (χ1) is 8.68. The maximum absolute atomic E-state index is 11.9. The molecule has 98 valence electrons. The molecule has 2 heterocycles. The van der Waals surface area contributed by atoms with E-state index in [1.54, 1.807) is 4.90 Å². The number of hydrogen-bond donors (Lipinski definition) is 3. The van der Waals surface area contributed by atoms with Gasteiger partial charge in [0.2, 0.25) is 5.91 Å². The summed E-state index contributed by atoms with van der Waals surface area (Å²) in [5, 5.41) is 6.09. The Labute approximate surface area is 117 Å². The smallest absolute Gasteiger partial charge is 0.266 e. The van der Waals surface area contributed by atoms with Crippen LogP contribution in [0.2, 0.25) is 0 Å². The number of hydrogen-bond acceptors (Lipinski definition) is 5. The molecule has 2 rings (SSSR count). The lowest BCUT2D eigenvalue weighted by Gasteiger charge is -2.27. The molecule has 1 amide bonds. The number of H-pyrrole nitrogens is 1. The zero-order valence-corrected chi connectivity index (χ0v) is 11.9. The molecule has 0 bridgehead atoms. The van der Waals surface area contributed by atoms with Crippen molar-refractivity contribution in [3.8, 4) is 0 Å². The van der Waals surface area contributed by atoms with Crippen molar-refractivity contribution in [2.45, 2.75) is 0 Å². The van der Waals surface area contributed by atoms with Crippen molar-refractivity contribution in [3.63, 3.8) is 0 Å². The molecule has 3 N–H and O–H groups in total. The van der Waals surface area contributed by atoms with Crippen molar-refractivity contribution in [1.29, 1.82) is 0 Å². The number of amides is 1. The number of halogens is 1. The minimum Gasteiger partial charge on any atom is -0.360 e. The summed E-state index contributed by atoms with van der Waals surface area (Å²) in [6.45, 7) is 3.26. The average Bonchev–Trinajstić information content (AvgIpc) is 2.41. The number of rotatable bonds is 3. The zero-order valence-electron chi connectivity index (χ0n) is 9.70. The van der Waals surface area contributed by atoms with Crippen molar-refractivity contribution in [1.82, 2.24) is 20.2 Å². The number of aromatic nitrogens is 2. The normalized spacial score (nSPS) is 15.5. The monoisotopic (exact) mass is 363 g/mol. The van der Waals surface area contributed by atoms with E-state index in [1.807, 2.05) is 22.6 Å². The first kappa shape index (κ1) is 13.3. The molecule has 0 spiro atoms. The lowest BCUT2D eigenvalue weighted by atomic mass is 10.3.